The van der Waals surface area contributed by atoms with Gasteiger partial charge in [0, 0.05) is 33.7 Å². The number of benzene rings is 1. The quantitative estimate of drug-likeness (QED) is 0.829. The lowest BCUT2D eigenvalue weighted by Crippen LogP contribution is -2.01. The molecule has 2 aromatic rings. The Morgan fingerprint density at radius 3 is 2.94 bits per heavy atom. The summed E-state index contributed by atoms with van der Waals surface area (Å²) < 4.78 is 20.3. The van der Waals surface area contributed by atoms with Gasteiger partial charge >= 0.3 is 0 Å². The van der Waals surface area contributed by atoms with Gasteiger partial charge in [0.2, 0.25) is 0 Å². The molecule has 0 saturated heterocycles. The van der Waals surface area contributed by atoms with E-state index in [2.05, 4.69) is 6.92 Å². The molecule has 2 nitrogen and oxygen atoms in total. The molecule has 0 aliphatic rings. The Bertz CT molecular complexity index is 509. The predicted molar refractivity (Wildman–Crippen MR) is 69.6 cm³/mol. The smallest absolute Gasteiger partial charge is 0.132 e. The molecule has 0 aliphatic heterocycles. The van der Waals surface area contributed by atoms with E-state index < -0.39 is 0 Å². The highest BCUT2D eigenvalue weighted by atomic mass is 32.1. The highest BCUT2D eigenvalue weighted by Crippen LogP contribution is 2.33. The number of hydrogen-bond donors (Lipinski definition) is 1. The Hall–Kier alpha value is -0.970. The summed E-state index contributed by atoms with van der Waals surface area (Å²) in [6, 6.07) is 5.13. The fraction of sp³-hybridized carbons (Fsp3) is 0.385. The van der Waals surface area contributed by atoms with Crippen LogP contribution in [0.5, 0.6) is 0 Å². The molecule has 0 saturated carbocycles. The Morgan fingerprint density at radius 2 is 2.24 bits per heavy atom. The minimum atomic E-state index is -0.187. The van der Waals surface area contributed by atoms with E-state index in [1.807, 2.05) is 6.07 Å². The maximum absolute atomic E-state index is 13.8. The first-order valence-electron chi connectivity index (χ1n) is 5.74. The van der Waals surface area contributed by atoms with E-state index in [1.54, 1.807) is 17.4 Å². The van der Waals surface area contributed by atoms with Gasteiger partial charge < -0.3 is 10.5 Å². The fourth-order valence-corrected chi connectivity index (χ4v) is 2.95. The summed E-state index contributed by atoms with van der Waals surface area (Å²) in [5, 5.41) is 0.675. The average Bonchev–Trinajstić information content (AvgIpc) is 2.69. The van der Waals surface area contributed by atoms with Crippen LogP contribution in [-0.4, -0.2) is 6.61 Å². The van der Waals surface area contributed by atoms with Gasteiger partial charge in [0.05, 0.1) is 6.61 Å². The van der Waals surface area contributed by atoms with Gasteiger partial charge in [-0.15, -0.1) is 11.3 Å². The highest BCUT2D eigenvalue weighted by Gasteiger charge is 2.14. The molecule has 0 unspecified atom stereocenters. The molecule has 1 aromatic heterocycles. The monoisotopic (exact) mass is 253 g/mol. The largest absolute Gasteiger partial charge is 0.377 e. The zero-order valence-electron chi connectivity index (χ0n) is 9.83. The lowest BCUT2D eigenvalue weighted by Gasteiger charge is -2.04. The lowest BCUT2D eigenvalue weighted by molar-refractivity contribution is 0.122. The third kappa shape index (κ3) is 2.49. The average molecular weight is 253 g/mol. The van der Waals surface area contributed by atoms with Crippen molar-refractivity contribution in [2.75, 3.05) is 6.61 Å². The predicted octanol–water partition coefficient (Wildman–Crippen LogP) is 3.43. The number of fused-ring (bicyclic) bond motifs is 1. The minimum absolute atomic E-state index is 0.187. The van der Waals surface area contributed by atoms with Gasteiger partial charge in [0.15, 0.2) is 0 Å². The first kappa shape index (κ1) is 12.5. The van der Waals surface area contributed by atoms with Gasteiger partial charge in [0.25, 0.3) is 0 Å². The van der Waals surface area contributed by atoms with Gasteiger partial charge in [-0.3, -0.25) is 0 Å². The first-order valence-corrected chi connectivity index (χ1v) is 6.56. The van der Waals surface area contributed by atoms with Crippen molar-refractivity contribution in [1.29, 1.82) is 0 Å². The summed E-state index contributed by atoms with van der Waals surface area (Å²) in [7, 11) is 0. The van der Waals surface area contributed by atoms with Gasteiger partial charge in [-0.2, -0.15) is 0 Å². The van der Waals surface area contributed by atoms with Crippen LogP contribution >= 0.6 is 11.3 Å². The van der Waals surface area contributed by atoms with Crippen LogP contribution in [0.4, 0.5) is 4.39 Å². The first-order chi connectivity index (χ1) is 8.27. The highest BCUT2D eigenvalue weighted by molar-refractivity contribution is 7.19. The van der Waals surface area contributed by atoms with Crippen LogP contribution in [0.3, 0.4) is 0 Å². The number of ether oxygens (including phenoxy) is 1. The lowest BCUT2D eigenvalue weighted by atomic mass is 10.1. The van der Waals surface area contributed by atoms with E-state index >= 15 is 0 Å². The van der Waals surface area contributed by atoms with Crippen molar-refractivity contribution in [3.05, 3.63) is 34.5 Å². The van der Waals surface area contributed by atoms with Crippen LogP contribution in [0.2, 0.25) is 0 Å². The molecule has 0 atom stereocenters. The van der Waals surface area contributed by atoms with E-state index in [9.17, 15) is 4.39 Å². The Kier molecular flexibility index (Phi) is 4.10. The second kappa shape index (κ2) is 5.58. The maximum atomic E-state index is 13.8. The zero-order chi connectivity index (χ0) is 12.3. The van der Waals surface area contributed by atoms with E-state index in [0.29, 0.717) is 25.1 Å². The van der Waals surface area contributed by atoms with Gasteiger partial charge in [-0.05, 0) is 18.6 Å². The van der Waals surface area contributed by atoms with E-state index in [4.69, 9.17) is 10.5 Å². The summed E-state index contributed by atoms with van der Waals surface area (Å²) in [6.45, 7) is 3.62. The fourth-order valence-electron chi connectivity index (χ4n) is 1.85. The second-order valence-corrected chi connectivity index (χ2v) is 5.01. The number of halogens is 1. The normalized spacial score (nSPS) is 11.2. The standard InChI is InChI=1S/C13H16FNOS/c1-2-6-16-8-9-12(7-15)17-11-5-3-4-10(14)13(9)11/h3-5H,2,6-8,15H2,1H3. The van der Waals surface area contributed by atoms with Gasteiger partial charge in [-0.25, -0.2) is 4.39 Å². The summed E-state index contributed by atoms with van der Waals surface area (Å²) >= 11 is 1.55. The molecule has 1 aromatic carbocycles. The molecule has 17 heavy (non-hydrogen) atoms. The Morgan fingerprint density at radius 1 is 1.41 bits per heavy atom. The van der Waals surface area contributed by atoms with Crippen molar-refractivity contribution in [2.45, 2.75) is 26.5 Å². The van der Waals surface area contributed by atoms with Crippen LogP contribution in [0.15, 0.2) is 18.2 Å². The summed E-state index contributed by atoms with van der Waals surface area (Å²) in [5.74, 6) is -0.187. The summed E-state index contributed by atoms with van der Waals surface area (Å²) in [5.41, 5.74) is 6.62. The van der Waals surface area contributed by atoms with Crippen molar-refractivity contribution in [3.8, 4) is 0 Å². The molecule has 0 aliphatic carbocycles. The molecular formula is C13H16FNOS. The van der Waals surface area contributed by atoms with Crippen LogP contribution in [-0.2, 0) is 17.9 Å². The van der Waals surface area contributed by atoms with Crippen LogP contribution < -0.4 is 5.73 Å². The molecule has 0 fully saturated rings. The third-order valence-corrected chi connectivity index (χ3v) is 3.85. The van der Waals surface area contributed by atoms with Crippen molar-refractivity contribution >= 4 is 21.4 Å². The second-order valence-electron chi connectivity index (χ2n) is 3.87. The molecular weight excluding hydrogens is 237 g/mol. The number of rotatable bonds is 5. The third-order valence-electron chi connectivity index (χ3n) is 2.63. The van der Waals surface area contributed by atoms with E-state index in [-0.39, 0.29) is 5.82 Å². The van der Waals surface area contributed by atoms with Gasteiger partial charge in [-0.1, -0.05) is 13.0 Å². The Labute approximate surface area is 104 Å². The van der Waals surface area contributed by atoms with Gasteiger partial charge in [0.1, 0.15) is 5.82 Å². The number of nitrogens with two attached hydrogens (primary N) is 1. The molecule has 92 valence electrons. The topological polar surface area (TPSA) is 35.2 Å². The minimum Gasteiger partial charge on any atom is -0.377 e. The number of thiophene rings is 1. The van der Waals surface area contributed by atoms with Crippen molar-refractivity contribution < 1.29 is 9.13 Å². The van der Waals surface area contributed by atoms with E-state index in [0.717, 1.165) is 21.6 Å². The molecule has 0 spiro atoms. The molecule has 4 heteroatoms. The zero-order valence-corrected chi connectivity index (χ0v) is 10.6. The van der Waals surface area contributed by atoms with Crippen molar-refractivity contribution in [3.63, 3.8) is 0 Å². The number of hydrogen-bond acceptors (Lipinski definition) is 3. The molecule has 0 bridgehead atoms. The van der Waals surface area contributed by atoms with Crippen molar-refractivity contribution in [1.82, 2.24) is 0 Å². The van der Waals surface area contributed by atoms with E-state index in [1.165, 1.54) is 6.07 Å². The molecule has 0 radical (unpaired) electrons. The molecule has 0 amide bonds. The summed E-state index contributed by atoms with van der Waals surface area (Å²) in [4.78, 5) is 1.02. The maximum Gasteiger partial charge on any atom is 0.132 e. The van der Waals surface area contributed by atoms with Crippen LogP contribution in [0.1, 0.15) is 23.8 Å². The summed E-state index contributed by atoms with van der Waals surface area (Å²) in [6.07, 6.45) is 0.961. The Balaban J connectivity index is 2.42. The molecule has 2 rings (SSSR count). The van der Waals surface area contributed by atoms with Crippen LogP contribution in [0.25, 0.3) is 10.1 Å². The van der Waals surface area contributed by atoms with Crippen molar-refractivity contribution in [2.24, 2.45) is 5.73 Å². The SMILES string of the molecule is CCCOCc1c(CN)sc2cccc(F)c12. The molecule has 2 N–H and O–H groups in total. The molecule has 1 heterocycles. The van der Waals surface area contributed by atoms with Crippen LogP contribution in [0, 0.1) is 5.82 Å².